The third-order valence-corrected chi connectivity index (χ3v) is 3.44. The molecule has 0 fully saturated rings. The first kappa shape index (κ1) is 12.0. The Morgan fingerprint density at radius 1 is 1.27 bits per heavy atom. The molecule has 1 unspecified atom stereocenters. The summed E-state index contributed by atoms with van der Waals surface area (Å²) in [5.74, 6) is 0. The molecule has 84 valence electrons. The predicted octanol–water partition coefficient (Wildman–Crippen LogP) is 2.30. The van der Waals surface area contributed by atoms with E-state index in [1.807, 2.05) is 0 Å². The zero-order chi connectivity index (χ0) is 11.5. The first-order chi connectivity index (χ1) is 6.93. The fourth-order valence-corrected chi connectivity index (χ4v) is 1.82. The van der Waals surface area contributed by atoms with E-state index in [-0.39, 0.29) is 0 Å². The topological polar surface area (TPSA) is 46.2 Å². The van der Waals surface area contributed by atoms with Crippen molar-refractivity contribution in [3.63, 3.8) is 0 Å². The van der Waals surface area contributed by atoms with E-state index in [2.05, 4.69) is 19.2 Å². The van der Waals surface area contributed by atoms with Crippen LogP contribution in [-0.2, 0) is 9.84 Å². The summed E-state index contributed by atoms with van der Waals surface area (Å²) >= 11 is 0. The Hall–Kier alpha value is -1.03. The molecule has 0 bridgehead atoms. The summed E-state index contributed by atoms with van der Waals surface area (Å²) in [5, 5.41) is 3.28. The summed E-state index contributed by atoms with van der Waals surface area (Å²) in [7, 11) is -3.08. The SMILES string of the molecule is CCC(C)Nc1ccc(S(C)(=O)=O)cc1. The Kier molecular flexibility index (Phi) is 3.74. The summed E-state index contributed by atoms with van der Waals surface area (Å²) < 4.78 is 22.4. The normalized spacial score (nSPS) is 13.5. The zero-order valence-electron chi connectivity index (χ0n) is 9.32. The lowest BCUT2D eigenvalue weighted by Gasteiger charge is -2.12. The molecule has 0 aromatic heterocycles. The lowest BCUT2D eigenvalue weighted by molar-refractivity contribution is 0.602. The van der Waals surface area contributed by atoms with Crippen LogP contribution in [0, 0.1) is 0 Å². The van der Waals surface area contributed by atoms with Crippen molar-refractivity contribution >= 4 is 15.5 Å². The molecule has 0 aliphatic rings. The first-order valence-corrected chi connectivity index (χ1v) is 6.89. The number of nitrogens with one attached hydrogen (secondary N) is 1. The van der Waals surface area contributed by atoms with Crippen LogP contribution in [0.5, 0.6) is 0 Å². The molecule has 1 aromatic rings. The Morgan fingerprint density at radius 2 is 1.80 bits per heavy atom. The highest BCUT2D eigenvalue weighted by Crippen LogP contribution is 2.14. The minimum Gasteiger partial charge on any atom is -0.383 e. The predicted molar refractivity (Wildman–Crippen MR) is 62.9 cm³/mol. The van der Waals surface area contributed by atoms with E-state index in [0.717, 1.165) is 12.1 Å². The molecule has 0 radical (unpaired) electrons. The van der Waals surface area contributed by atoms with Crippen molar-refractivity contribution in [2.24, 2.45) is 0 Å². The highest BCUT2D eigenvalue weighted by molar-refractivity contribution is 7.90. The largest absolute Gasteiger partial charge is 0.383 e. The van der Waals surface area contributed by atoms with E-state index in [4.69, 9.17) is 0 Å². The summed E-state index contributed by atoms with van der Waals surface area (Å²) in [6.45, 7) is 4.19. The third kappa shape index (κ3) is 3.55. The van der Waals surface area contributed by atoms with Crippen molar-refractivity contribution in [3.05, 3.63) is 24.3 Å². The molecule has 1 atom stereocenters. The highest BCUT2D eigenvalue weighted by Gasteiger charge is 2.06. The van der Waals surface area contributed by atoms with E-state index in [1.54, 1.807) is 24.3 Å². The number of sulfone groups is 1. The van der Waals surface area contributed by atoms with Crippen LogP contribution in [-0.4, -0.2) is 20.7 Å². The van der Waals surface area contributed by atoms with Crippen LogP contribution in [0.2, 0.25) is 0 Å². The van der Waals surface area contributed by atoms with Crippen molar-refractivity contribution in [1.82, 2.24) is 0 Å². The molecular weight excluding hydrogens is 210 g/mol. The van der Waals surface area contributed by atoms with Gasteiger partial charge in [-0.2, -0.15) is 0 Å². The standard InChI is InChI=1S/C11H17NO2S/c1-4-9(2)12-10-5-7-11(8-6-10)15(3,13)14/h5-9,12H,4H2,1-3H3. The number of hydrogen-bond donors (Lipinski definition) is 1. The Labute approximate surface area is 91.4 Å². The summed E-state index contributed by atoms with van der Waals surface area (Å²) in [4.78, 5) is 0.359. The third-order valence-electron chi connectivity index (χ3n) is 2.31. The number of benzene rings is 1. The lowest BCUT2D eigenvalue weighted by Crippen LogP contribution is -2.13. The molecule has 15 heavy (non-hydrogen) atoms. The van der Waals surface area contributed by atoms with Crippen LogP contribution in [0.4, 0.5) is 5.69 Å². The Bertz CT molecular complexity index is 409. The minimum absolute atomic E-state index is 0.359. The van der Waals surface area contributed by atoms with Crippen LogP contribution in [0.3, 0.4) is 0 Å². The van der Waals surface area contributed by atoms with Crippen molar-refractivity contribution in [1.29, 1.82) is 0 Å². The molecule has 4 heteroatoms. The van der Waals surface area contributed by atoms with Crippen molar-refractivity contribution in [2.45, 2.75) is 31.2 Å². The molecule has 0 aliphatic heterocycles. The number of rotatable bonds is 4. The summed E-state index contributed by atoms with van der Waals surface area (Å²) in [5.41, 5.74) is 0.955. The molecule has 0 saturated heterocycles. The molecule has 0 heterocycles. The maximum atomic E-state index is 11.2. The van der Waals surface area contributed by atoms with Gasteiger partial charge in [0.2, 0.25) is 0 Å². The molecule has 0 spiro atoms. The number of anilines is 1. The maximum absolute atomic E-state index is 11.2. The van der Waals surface area contributed by atoms with Gasteiger partial charge in [0.25, 0.3) is 0 Å². The van der Waals surface area contributed by atoms with Gasteiger partial charge in [-0.25, -0.2) is 8.42 Å². The lowest BCUT2D eigenvalue weighted by atomic mass is 10.2. The molecule has 1 rings (SSSR count). The van der Waals surface area contributed by atoms with Crippen LogP contribution in [0.1, 0.15) is 20.3 Å². The van der Waals surface area contributed by atoms with Gasteiger partial charge < -0.3 is 5.32 Å². The van der Waals surface area contributed by atoms with Crippen molar-refractivity contribution < 1.29 is 8.42 Å². The Morgan fingerprint density at radius 3 is 2.20 bits per heavy atom. The second-order valence-electron chi connectivity index (χ2n) is 3.75. The monoisotopic (exact) mass is 227 g/mol. The van der Waals surface area contributed by atoms with Gasteiger partial charge in [0, 0.05) is 18.0 Å². The average Bonchev–Trinajstić information content (AvgIpc) is 2.17. The molecule has 1 N–H and O–H groups in total. The summed E-state index contributed by atoms with van der Waals surface area (Å²) in [6.07, 6.45) is 2.25. The van der Waals surface area contributed by atoms with E-state index in [1.165, 1.54) is 6.26 Å². The van der Waals surface area contributed by atoms with Crippen molar-refractivity contribution in [3.8, 4) is 0 Å². The first-order valence-electron chi connectivity index (χ1n) is 5.00. The molecule has 0 amide bonds. The molecule has 0 aliphatic carbocycles. The van der Waals surface area contributed by atoms with Gasteiger partial charge in [0.15, 0.2) is 9.84 Å². The van der Waals surface area contributed by atoms with E-state index in [9.17, 15) is 8.42 Å². The van der Waals surface area contributed by atoms with E-state index >= 15 is 0 Å². The van der Waals surface area contributed by atoms with Gasteiger partial charge in [-0.05, 0) is 37.6 Å². The van der Waals surface area contributed by atoms with Gasteiger partial charge in [-0.3, -0.25) is 0 Å². The second kappa shape index (κ2) is 4.66. The van der Waals surface area contributed by atoms with Crippen LogP contribution < -0.4 is 5.32 Å². The number of hydrogen-bond acceptors (Lipinski definition) is 3. The molecule has 0 saturated carbocycles. The van der Waals surface area contributed by atoms with Gasteiger partial charge in [0.1, 0.15) is 0 Å². The fraction of sp³-hybridized carbons (Fsp3) is 0.455. The van der Waals surface area contributed by atoms with E-state index < -0.39 is 9.84 Å². The maximum Gasteiger partial charge on any atom is 0.175 e. The molecule has 1 aromatic carbocycles. The van der Waals surface area contributed by atoms with Crippen LogP contribution >= 0.6 is 0 Å². The van der Waals surface area contributed by atoms with E-state index in [0.29, 0.717) is 10.9 Å². The van der Waals surface area contributed by atoms with Crippen LogP contribution in [0.25, 0.3) is 0 Å². The molecular formula is C11H17NO2S. The smallest absolute Gasteiger partial charge is 0.175 e. The summed E-state index contributed by atoms with van der Waals surface area (Å²) in [6, 6.07) is 7.24. The van der Waals surface area contributed by atoms with Gasteiger partial charge in [-0.1, -0.05) is 6.92 Å². The van der Waals surface area contributed by atoms with Gasteiger partial charge >= 0.3 is 0 Å². The average molecular weight is 227 g/mol. The fourth-order valence-electron chi connectivity index (χ4n) is 1.18. The van der Waals surface area contributed by atoms with Crippen molar-refractivity contribution in [2.75, 3.05) is 11.6 Å². The molecule has 3 nitrogen and oxygen atoms in total. The zero-order valence-corrected chi connectivity index (χ0v) is 10.1. The van der Waals surface area contributed by atoms with Gasteiger partial charge in [-0.15, -0.1) is 0 Å². The van der Waals surface area contributed by atoms with Gasteiger partial charge in [0.05, 0.1) is 4.90 Å². The quantitative estimate of drug-likeness (QED) is 0.858. The Balaban J connectivity index is 2.82. The minimum atomic E-state index is -3.08. The van der Waals surface area contributed by atoms with Crippen LogP contribution in [0.15, 0.2) is 29.2 Å². The highest BCUT2D eigenvalue weighted by atomic mass is 32.2. The second-order valence-corrected chi connectivity index (χ2v) is 5.77.